The fraction of sp³-hybridized carbons (Fsp3) is 0.643. The molecule has 1 aliphatic carbocycles. The topological polar surface area (TPSA) is 81.0 Å². The Morgan fingerprint density at radius 3 is 2.45 bits per heavy atom. The predicted octanol–water partition coefficient (Wildman–Crippen LogP) is -0.329. The zero-order valence-corrected chi connectivity index (χ0v) is 11.9. The standard InChI is InChI=1S/C14H23N2O4/c1-15(2)14(20)16(6-4-3-5-7-16)11-8-10(9-17)12(18)13(11)19/h3-6,10-13,17-19H,7-9H2,1-2H3/q+1. The summed E-state index contributed by atoms with van der Waals surface area (Å²) >= 11 is 0. The van der Waals surface area contributed by atoms with Gasteiger partial charge in [0.1, 0.15) is 24.9 Å². The first kappa shape index (κ1) is 15.2. The monoisotopic (exact) mass is 283 g/mol. The molecule has 3 N–H and O–H groups in total. The number of hydrogen-bond donors (Lipinski definition) is 3. The summed E-state index contributed by atoms with van der Waals surface area (Å²) in [5.41, 5.74) is 0. The van der Waals surface area contributed by atoms with E-state index in [1.807, 2.05) is 12.2 Å². The molecule has 2 aliphatic rings. The van der Waals surface area contributed by atoms with Crippen molar-refractivity contribution in [2.45, 2.75) is 24.7 Å². The van der Waals surface area contributed by atoms with Crippen LogP contribution in [0.2, 0.25) is 0 Å². The molecule has 6 nitrogen and oxygen atoms in total. The maximum Gasteiger partial charge on any atom is 0.423 e. The quantitative estimate of drug-likeness (QED) is 0.606. The first-order chi connectivity index (χ1) is 9.44. The highest BCUT2D eigenvalue weighted by Crippen LogP contribution is 2.36. The lowest BCUT2D eigenvalue weighted by molar-refractivity contribution is -0.827. The number of aliphatic hydroxyl groups is 3. The molecule has 1 aliphatic heterocycles. The highest BCUT2D eigenvalue weighted by molar-refractivity contribution is 5.68. The molecule has 112 valence electrons. The van der Waals surface area contributed by atoms with Crippen molar-refractivity contribution in [3.8, 4) is 0 Å². The average molecular weight is 283 g/mol. The van der Waals surface area contributed by atoms with Gasteiger partial charge in [0.25, 0.3) is 0 Å². The van der Waals surface area contributed by atoms with E-state index in [0.717, 1.165) is 0 Å². The Kier molecular flexibility index (Phi) is 4.29. The lowest BCUT2D eigenvalue weighted by Crippen LogP contribution is -2.62. The number of carbonyl (C=O) groups excluding carboxylic acids is 1. The van der Waals surface area contributed by atoms with Gasteiger partial charge in [0, 0.05) is 33.0 Å². The molecule has 1 heterocycles. The fourth-order valence-corrected chi connectivity index (χ4v) is 3.22. The van der Waals surface area contributed by atoms with E-state index in [4.69, 9.17) is 0 Å². The van der Waals surface area contributed by atoms with Gasteiger partial charge < -0.3 is 15.3 Å². The number of urea groups is 1. The summed E-state index contributed by atoms with van der Waals surface area (Å²) in [6.45, 7) is 0.255. The molecule has 1 saturated carbocycles. The van der Waals surface area contributed by atoms with Crippen LogP contribution in [0.1, 0.15) is 6.42 Å². The van der Waals surface area contributed by atoms with Crippen molar-refractivity contribution < 1.29 is 24.6 Å². The van der Waals surface area contributed by atoms with Gasteiger partial charge >= 0.3 is 6.03 Å². The lowest BCUT2D eigenvalue weighted by Gasteiger charge is -2.40. The van der Waals surface area contributed by atoms with E-state index in [9.17, 15) is 20.1 Å². The Balaban J connectivity index is 2.36. The second-order valence-electron chi connectivity index (χ2n) is 5.79. The summed E-state index contributed by atoms with van der Waals surface area (Å²) in [5.74, 6) is -0.390. The lowest BCUT2D eigenvalue weighted by atomic mass is 10.1. The highest BCUT2D eigenvalue weighted by atomic mass is 16.3. The largest absolute Gasteiger partial charge is 0.423 e. The van der Waals surface area contributed by atoms with Gasteiger partial charge in [0.2, 0.25) is 0 Å². The Bertz CT molecular complexity index is 435. The van der Waals surface area contributed by atoms with Gasteiger partial charge in [0.15, 0.2) is 0 Å². The van der Waals surface area contributed by atoms with Gasteiger partial charge in [-0.1, -0.05) is 6.08 Å². The molecule has 6 heteroatoms. The van der Waals surface area contributed by atoms with E-state index < -0.39 is 18.2 Å². The van der Waals surface area contributed by atoms with Gasteiger partial charge in [-0.25, -0.2) is 9.28 Å². The predicted molar refractivity (Wildman–Crippen MR) is 73.5 cm³/mol. The van der Waals surface area contributed by atoms with E-state index >= 15 is 0 Å². The molecule has 0 aromatic rings. The molecule has 0 aromatic carbocycles. The summed E-state index contributed by atoms with van der Waals surface area (Å²) in [7, 11) is 3.35. The molecule has 5 unspecified atom stereocenters. The molecule has 2 amide bonds. The van der Waals surface area contributed by atoms with Crippen molar-refractivity contribution in [1.82, 2.24) is 4.90 Å². The summed E-state index contributed by atoms with van der Waals surface area (Å²) in [6, 6.07) is -0.585. The van der Waals surface area contributed by atoms with Crippen LogP contribution >= 0.6 is 0 Å². The number of nitrogens with zero attached hydrogens (tertiary/aromatic N) is 2. The zero-order valence-electron chi connectivity index (χ0n) is 11.9. The Hall–Kier alpha value is -1.21. The van der Waals surface area contributed by atoms with Gasteiger partial charge in [-0.2, -0.15) is 0 Å². The molecule has 0 spiro atoms. The molecule has 0 bridgehead atoms. The maximum absolute atomic E-state index is 12.6. The third-order valence-corrected chi connectivity index (χ3v) is 4.34. The van der Waals surface area contributed by atoms with Crippen LogP contribution in [-0.4, -0.2) is 76.2 Å². The molecule has 20 heavy (non-hydrogen) atoms. The van der Waals surface area contributed by atoms with Gasteiger partial charge in [-0.3, -0.25) is 4.90 Å². The SMILES string of the molecule is CN(C)C(=O)[N+]1(C2CC(CO)C(O)C2O)C=CC=CC1. The smallest absolute Gasteiger partial charge is 0.396 e. The average Bonchev–Trinajstić information content (AvgIpc) is 2.75. The van der Waals surface area contributed by atoms with Crippen molar-refractivity contribution in [2.75, 3.05) is 27.2 Å². The number of amides is 2. The maximum atomic E-state index is 12.6. The summed E-state index contributed by atoms with van der Waals surface area (Å²) in [6.07, 6.45) is 5.70. The number of aliphatic hydroxyl groups excluding tert-OH is 3. The molecule has 0 radical (unpaired) electrons. The Labute approximate surface area is 118 Å². The molecule has 0 aromatic heterocycles. The van der Waals surface area contributed by atoms with Crippen molar-refractivity contribution in [3.63, 3.8) is 0 Å². The number of hydrogen-bond acceptors (Lipinski definition) is 4. The molecule has 0 saturated heterocycles. The van der Waals surface area contributed by atoms with Crippen molar-refractivity contribution >= 4 is 6.03 Å². The van der Waals surface area contributed by atoms with E-state index in [1.165, 1.54) is 4.90 Å². The third kappa shape index (κ3) is 2.29. The van der Waals surface area contributed by atoms with Crippen LogP contribution in [0.25, 0.3) is 0 Å². The summed E-state index contributed by atoms with van der Waals surface area (Å²) in [4.78, 5) is 14.1. The normalized spacial score (nSPS) is 40.0. The first-order valence-corrected chi connectivity index (χ1v) is 6.84. The minimum Gasteiger partial charge on any atom is -0.396 e. The second-order valence-corrected chi connectivity index (χ2v) is 5.79. The minimum atomic E-state index is -1.02. The summed E-state index contributed by atoms with van der Waals surface area (Å²) < 4.78 is -0.0434. The summed E-state index contributed by atoms with van der Waals surface area (Å²) in [5, 5.41) is 29.6. The molecule has 2 rings (SSSR count). The minimum absolute atomic E-state index is 0.0434. The van der Waals surface area contributed by atoms with Gasteiger partial charge in [0.05, 0.1) is 6.10 Å². The number of rotatable bonds is 2. The van der Waals surface area contributed by atoms with Crippen molar-refractivity contribution in [3.05, 3.63) is 24.4 Å². The van der Waals surface area contributed by atoms with Crippen LogP contribution in [0.4, 0.5) is 4.79 Å². The van der Waals surface area contributed by atoms with Gasteiger partial charge in [-0.15, -0.1) is 0 Å². The zero-order chi connectivity index (χ0) is 14.9. The van der Waals surface area contributed by atoms with Crippen LogP contribution in [0.15, 0.2) is 24.4 Å². The molecular formula is C14H23N2O4+. The Morgan fingerprint density at radius 1 is 1.30 bits per heavy atom. The van der Waals surface area contributed by atoms with E-state index in [0.29, 0.717) is 13.0 Å². The van der Waals surface area contributed by atoms with Crippen LogP contribution < -0.4 is 0 Å². The first-order valence-electron chi connectivity index (χ1n) is 6.84. The van der Waals surface area contributed by atoms with E-state index in [1.54, 1.807) is 26.4 Å². The van der Waals surface area contributed by atoms with Crippen molar-refractivity contribution in [2.24, 2.45) is 5.92 Å². The second kappa shape index (κ2) is 5.65. The van der Waals surface area contributed by atoms with Crippen LogP contribution in [-0.2, 0) is 0 Å². The van der Waals surface area contributed by atoms with E-state index in [2.05, 4.69) is 0 Å². The van der Waals surface area contributed by atoms with Crippen LogP contribution in [0, 0.1) is 5.92 Å². The van der Waals surface area contributed by atoms with Crippen LogP contribution in [0.5, 0.6) is 0 Å². The third-order valence-electron chi connectivity index (χ3n) is 4.34. The van der Waals surface area contributed by atoms with E-state index in [-0.39, 0.29) is 23.0 Å². The number of allylic oxidation sites excluding steroid dienone is 2. The highest BCUT2D eigenvalue weighted by Gasteiger charge is 2.55. The van der Waals surface area contributed by atoms with Crippen molar-refractivity contribution in [1.29, 1.82) is 0 Å². The van der Waals surface area contributed by atoms with Gasteiger partial charge in [-0.05, 0) is 12.2 Å². The Morgan fingerprint density at radius 2 is 2.00 bits per heavy atom. The van der Waals surface area contributed by atoms with Crippen LogP contribution in [0.3, 0.4) is 0 Å². The number of carbonyl (C=O) groups is 1. The number of quaternary nitrogens is 1. The molecule has 1 fully saturated rings. The molecular weight excluding hydrogens is 260 g/mol. The fourth-order valence-electron chi connectivity index (χ4n) is 3.22. The molecule has 5 atom stereocenters.